The highest BCUT2D eigenvalue weighted by molar-refractivity contribution is 5.93. The molecule has 1 aliphatic heterocycles. The summed E-state index contributed by atoms with van der Waals surface area (Å²) in [5.74, 6) is -4.35. The SMILES string of the molecule is C[C@@H](O)[C@H](NC(=O)[C@@H]1CCCN1)C(=O)N[C@@H](CC(=O)O)C(=O)O. The number of carboxylic acids is 2. The molecule has 1 fully saturated rings. The number of aliphatic hydroxyl groups excluding tert-OH is 1. The summed E-state index contributed by atoms with van der Waals surface area (Å²) in [5, 5.41) is 34.5. The molecule has 10 heteroatoms. The van der Waals surface area contributed by atoms with E-state index in [9.17, 15) is 24.3 Å². The van der Waals surface area contributed by atoms with Crippen molar-refractivity contribution in [3.8, 4) is 0 Å². The number of aliphatic carboxylic acids is 2. The number of carboxylic acid groups (broad SMARTS) is 2. The van der Waals surface area contributed by atoms with Gasteiger partial charge in [-0.1, -0.05) is 0 Å². The van der Waals surface area contributed by atoms with E-state index in [1.165, 1.54) is 6.92 Å². The molecule has 6 N–H and O–H groups in total. The van der Waals surface area contributed by atoms with Gasteiger partial charge in [0, 0.05) is 0 Å². The summed E-state index contributed by atoms with van der Waals surface area (Å²) in [5.41, 5.74) is 0. The molecular weight excluding hydrogens is 310 g/mol. The van der Waals surface area contributed by atoms with Gasteiger partial charge >= 0.3 is 11.9 Å². The largest absolute Gasteiger partial charge is 0.481 e. The highest BCUT2D eigenvalue weighted by atomic mass is 16.4. The summed E-state index contributed by atoms with van der Waals surface area (Å²) in [6.07, 6.45) is -0.689. The molecule has 0 aromatic rings. The minimum absolute atomic E-state index is 0.474. The van der Waals surface area contributed by atoms with Crippen LogP contribution in [0, 0.1) is 0 Å². The Bertz CT molecular complexity index is 474. The molecule has 0 saturated carbocycles. The number of amides is 2. The van der Waals surface area contributed by atoms with Gasteiger partial charge in [-0.05, 0) is 26.3 Å². The molecule has 4 atom stereocenters. The van der Waals surface area contributed by atoms with Gasteiger partial charge < -0.3 is 31.3 Å². The van der Waals surface area contributed by atoms with Crippen molar-refractivity contribution in [3.63, 3.8) is 0 Å². The molecule has 0 aromatic carbocycles. The van der Waals surface area contributed by atoms with Crippen LogP contribution in [-0.4, -0.2) is 69.8 Å². The molecule has 0 bridgehead atoms. The molecule has 23 heavy (non-hydrogen) atoms. The Morgan fingerprint density at radius 2 is 1.87 bits per heavy atom. The van der Waals surface area contributed by atoms with Crippen molar-refractivity contribution < 1.29 is 34.5 Å². The smallest absolute Gasteiger partial charge is 0.326 e. The van der Waals surface area contributed by atoms with Crippen LogP contribution in [-0.2, 0) is 19.2 Å². The third-order valence-corrected chi connectivity index (χ3v) is 3.43. The Hall–Kier alpha value is -2.20. The first-order valence-electron chi connectivity index (χ1n) is 7.19. The molecule has 1 saturated heterocycles. The first-order chi connectivity index (χ1) is 10.7. The Balaban J connectivity index is 2.71. The maximum atomic E-state index is 12.1. The zero-order valence-electron chi connectivity index (χ0n) is 12.6. The van der Waals surface area contributed by atoms with E-state index in [2.05, 4.69) is 10.6 Å². The Morgan fingerprint density at radius 1 is 1.22 bits per heavy atom. The van der Waals surface area contributed by atoms with Gasteiger partial charge in [-0.2, -0.15) is 0 Å². The van der Waals surface area contributed by atoms with Crippen LogP contribution in [0.4, 0.5) is 0 Å². The molecular formula is C13H21N3O7. The third-order valence-electron chi connectivity index (χ3n) is 3.43. The molecule has 1 aliphatic rings. The number of carbonyl (C=O) groups excluding carboxylic acids is 2. The fourth-order valence-electron chi connectivity index (χ4n) is 2.20. The van der Waals surface area contributed by atoms with E-state index in [-0.39, 0.29) is 0 Å². The zero-order chi connectivity index (χ0) is 17.6. The van der Waals surface area contributed by atoms with Crippen molar-refractivity contribution in [2.45, 2.75) is 50.4 Å². The predicted molar refractivity (Wildman–Crippen MR) is 76.5 cm³/mol. The predicted octanol–water partition coefficient (Wildman–Crippen LogP) is -2.35. The van der Waals surface area contributed by atoms with E-state index in [4.69, 9.17) is 10.2 Å². The van der Waals surface area contributed by atoms with Crippen LogP contribution in [0.25, 0.3) is 0 Å². The van der Waals surface area contributed by atoms with Gasteiger partial charge in [0.05, 0.1) is 18.6 Å². The molecule has 0 spiro atoms. The molecule has 0 unspecified atom stereocenters. The van der Waals surface area contributed by atoms with Crippen LogP contribution in [0.2, 0.25) is 0 Å². The summed E-state index contributed by atoms with van der Waals surface area (Å²) in [7, 11) is 0. The Labute approximate surface area is 132 Å². The molecule has 130 valence electrons. The number of carbonyl (C=O) groups is 4. The lowest BCUT2D eigenvalue weighted by Gasteiger charge is -2.24. The standard InChI is InChI=1S/C13H21N3O7/c1-6(17)10(16-11(20)7-3-2-4-14-7)12(21)15-8(13(22)23)5-9(18)19/h6-8,10,14,17H,2-5H2,1H3,(H,15,21)(H,16,20)(H,18,19)(H,22,23)/t6-,7+,8+,10+/m1/s1. The number of hydrogen-bond donors (Lipinski definition) is 6. The van der Waals surface area contributed by atoms with Gasteiger partial charge in [0.25, 0.3) is 0 Å². The molecule has 0 aliphatic carbocycles. The second-order valence-corrected chi connectivity index (χ2v) is 5.37. The van der Waals surface area contributed by atoms with Gasteiger partial charge in [0.1, 0.15) is 12.1 Å². The average Bonchev–Trinajstić information content (AvgIpc) is 2.96. The first kappa shape index (κ1) is 18.8. The summed E-state index contributed by atoms with van der Waals surface area (Å²) < 4.78 is 0. The van der Waals surface area contributed by atoms with Crippen LogP contribution < -0.4 is 16.0 Å². The normalized spacial score (nSPS) is 21.0. The van der Waals surface area contributed by atoms with Gasteiger partial charge in [0.15, 0.2) is 0 Å². The summed E-state index contributed by atoms with van der Waals surface area (Å²) in [6.45, 7) is 1.93. The van der Waals surface area contributed by atoms with E-state index in [0.29, 0.717) is 13.0 Å². The Kier molecular flexibility index (Phi) is 6.91. The van der Waals surface area contributed by atoms with Crippen LogP contribution in [0.1, 0.15) is 26.2 Å². The van der Waals surface area contributed by atoms with E-state index >= 15 is 0 Å². The maximum absolute atomic E-state index is 12.1. The molecule has 1 heterocycles. The fraction of sp³-hybridized carbons (Fsp3) is 0.692. The van der Waals surface area contributed by atoms with Crippen LogP contribution in [0.15, 0.2) is 0 Å². The third kappa shape index (κ3) is 5.83. The lowest BCUT2D eigenvalue weighted by molar-refractivity contribution is -0.147. The van der Waals surface area contributed by atoms with E-state index in [0.717, 1.165) is 6.42 Å². The number of aliphatic hydroxyl groups is 1. The van der Waals surface area contributed by atoms with Gasteiger partial charge in [0.2, 0.25) is 11.8 Å². The van der Waals surface area contributed by atoms with Crippen molar-refractivity contribution in [1.29, 1.82) is 0 Å². The summed E-state index contributed by atoms with van der Waals surface area (Å²) in [4.78, 5) is 45.6. The highest BCUT2D eigenvalue weighted by Gasteiger charge is 2.32. The van der Waals surface area contributed by atoms with Crippen LogP contribution >= 0.6 is 0 Å². The van der Waals surface area contributed by atoms with Crippen molar-refractivity contribution in [2.24, 2.45) is 0 Å². The first-order valence-corrected chi connectivity index (χ1v) is 7.19. The minimum Gasteiger partial charge on any atom is -0.481 e. The zero-order valence-corrected chi connectivity index (χ0v) is 12.6. The number of nitrogens with one attached hydrogen (secondary N) is 3. The molecule has 0 aromatic heterocycles. The van der Waals surface area contributed by atoms with Crippen molar-refractivity contribution >= 4 is 23.8 Å². The van der Waals surface area contributed by atoms with Crippen LogP contribution in [0.5, 0.6) is 0 Å². The molecule has 2 amide bonds. The Morgan fingerprint density at radius 3 is 2.30 bits per heavy atom. The van der Waals surface area contributed by atoms with Gasteiger partial charge in [-0.3, -0.25) is 14.4 Å². The summed E-state index contributed by atoms with van der Waals surface area (Å²) in [6, 6.07) is -3.50. The van der Waals surface area contributed by atoms with Crippen molar-refractivity contribution in [1.82, 2.24) is 16.0 Å². The lowest BCUT2D eigenvalue weighted by Crippen LogP contribution is -2.58. The summed E-state index contributed by atoms with van der Waals surface area (Å²) >= 11 is 0. The molecule has 10 nitrogen and oxygen atoms in total. The number of rotatable bonds is 8. The van der Waals surface area contributed by atoms with E-state index in [1.54, 1.807) is 0 Å². The lowest BCUT2D eigenvalue weighted by atomic mass is 10.1. The topological polar surface area (TPSA) is 165 Å². The van der Waals surface area contributed by atoms with Crippen LogP contribution in [0.3, 0.4) is 0 Å². The fourth-order valence-corrected chi connectivity index (χ4v) is 2.20. The monoisotopic (exact) mass is 331 g/mol. The van der Waals surface area contributed by atoms with Crippen molar-refractivity contribution in [2.75, 3.05) is 6.54 Å². The minimum atomic E-state index is -1.65. The van der Waals surface area contributed by atoms with E-state index < -0.39 is 54.4 Å². The molecule has 0 radical (unpaired) electrons. The highest BCUT2D eigenvalue weighted by Crippen LogP contribution is 2.06. The van der Waals surface area contributed by atoms with Crippen molar-refractivity contribution in [3.05, 3.63) is 0 Å². The van der Waals surface area contributed by atoms with Gasteiger partial charge in [-0.15, -0.1) is 0 Å². The van der Waals surface area contributed by atoms with Gasteiger partial charge in [-0.25, -0.2) is 4.79 Å². The van der Waals surface area contributed by atoms with E-state index in [1.807, 2.05) is 5.32 Å². The molecule has 1 rings (SSSR count). The second-order valence-electron chi connectivity index (χ2n) is 5.37. The number of hydrogen-bond acceptors (Lipinski definition) is 6. The second kappa shape index (κ2) is 8.44. The quantitative estimate of drug-likeness (QED) is 0.287. The maximum Gasteiger partial charge on any atom is 0.326 e. The average molecular weight is 331 g/mol.